The van der Waals surface area contributed by atoms with Crippen molar-refractivity contribution in [3.63, 3.8) is 0 Å². The molecule has 1 aromatic rings. The van der Waals surface area contributed by atoms with Gasteiger partial charge in [0.15, 0.2) is 0 Å². The van der Waals surface area contributed by atoms with Crippen LogP contribution < -0.4 is 10.1 Å². The van der Waals surface area contributed by atoms with Gasteiger partial charge in [0, 0.05) is 5.54 Å². The van der Waals surface area contributed by atoms with Gasteiger partial charge in [-0.2, -0.15) is 0 Å². The minimum absolute atomic E-state index is 0.294. The van der Waals surface area contributed by atoms with E-state index in [1.165, 1.54) is 36.8 Å². The van der Waals surface area contributed by atoms with Crippen LogP contribution in [0.1, 0.15) is 30.4 Å². The fourth-order valence-electron chi connectivity index (χ4n) is 2.93. The first-order valence-corrected chi connectivity index (χ1v) is 5.76. The summed E-state index contributed by atoms with van der Waals surface area (Å²) in [6.45, 7) is 1.16. The normalized spacial score (nSPS) is 28.3. The number of fused-ring (bicyclic) bond motifs is 2. The van der Waals surface area contributed by atoms with Gasteiger partial charge in [-0.05, 0) is 55.5 Å². The topological polar surface area (TPSA) is 21.3 Å². The Labute approximate surface area is 90.6 Å². The van der Waals surface area contributed by atoms with E-state index in [2.05, 4.69) is 23.5 Å². The minimum atomic E-state index is 0.294. The molecule has 1 aliphatic carbocycles. The molecule has 1 aromatic carbocycles. The molecule has 80 valence electrons. The van der Waals surface area contributed by atoms with Gasteiger partial charge in [-0.1, -0.05) is 6.07 Å². The molecule has 2 aliphatic rings. The zero-order valence-electron chi connectivity index (χ0n) is 9.18. The molecule has 1 heterocycles. The largest absolute Gasteiger partial charge is 0.497 e. The third-order valence-corrected chi connectivity index (χ3v) is 3.90. The van der Waals surface area contributed by atoms with Crippen LogP contribution in [0.4, 0.5) is 0 Å². The zero-order chi connectivity index (χ0) is 10.3. The molecule has 0 aromatic heterocycles. The zero-order valence-corrected chi connectivity index (χ0v) is 9.18. The van der Waals surface area contributed by atoms with E-state index in [1.807, 2.05) is 0 Å². The second-order valence-corrected chi connectivity index (χ2v) is 4.64. The average molecular weight is 203 g/mol. The molecule has 0 amide bonds. The van der Waals surface area contributed by atoms with Crippen molar-refractivity contribution >= 4 is 0 Å². The third-order valence-electron chi connectivity index (χ3n) is 3.90. The van der Waals surface area contributed by atoms with E-state index < -0.39 is 0 Å². The maximum absolute atomic E-state index is 5.31. The lowest BCUT2D eigenvalue weighted by Crippen LogP contribution is -2.55. The van der Waals surface area contributed by atoms with Gasteiger partial charge in [-0.25, -0.2) is 0 Å². The Morgan fingerprint density at radius 1 is 1.33 bits per heavy atom. The summed E-state index contributed by atoms with van der Waals surface area (Å²) in [6, 6.07) is 6.53. The van der Waals surface area contributed by atoms with E-state index in [4.69, 9.17) is 4.74 Å². The van der Waals surface area contributed by atoms with Crippen molar-refractivity contribution in [2.24, 2.45) is 0 Å². The first kappa shape index (κ1) is 9.22. The monoisotopic (exact) mass is 203 g/mol. The third kappa shape index (κ3) is 1.28. The maximum atomic E-state index is 5.31. The molecule has 1 N–H and O–H groups in total. The molecule has 2 nitrogen and oxygen atoms in total. The molecular weight excluding hydrogens is 186 g/mol. The van der Waals surface area contributed by atoms with Crippen LogP contribution in [0.2, 0.25) is 0 Å². The highest BCUT2D eigenvalue weighted by atomic mass is 16.5. The summed E-state index contributed by atoms with van der Waals surface area (Å²) in [4.78, 5) is 0. The highest BCUT2D eigenvalue weighted by Gasteiger charge is 2.41. The van der Waals surface area contributed by atoms with Gasteiger partial charge in [-0.3, -0.25) is 0 Å². The number of nitrogens with one attached hydrogen (secondary N) is 1. The van der Waals surface area contributed by atoms with Gasteiger partial charge in [0.05, 0.1) is 7.11 Å². The van der Waals surface area contributed by atoms with Crippen molar-refractivity contribution in [2.75, 3.05) is 13.7 Å². The molecule has 3 rings (SSSR count). The molecule has 1 spiro atoms. The lowest BCUT2D eigenvalue weighted by molar-refractivity contribution is 0.177. The summed E-state index contributed by atoms with van der Waals surface area (Å²) in [5.41, 5.74) is 3.29. The Kier molecular flexibility index (Phi) is 1.99. The molecule has 0 unspecified atom stereocenters. The molecule has 0 saturated carbocycles. The predicted octanol–water partition coefficient (Wildman–Crippen LogP) is 2.22. The summed E-state index contributed by atoms with van der Waals surface area (Å²) in [5, 5.41) is 3.61. The Balaban J connectivity index is 2.08. The van der Waals surface area contributed by atoms with E-state index in [-0.39, 0.29) is 0 Å². The number of hydrogen-bond donors (Lipinski definition) is 1. The second-order valence-electron chi connectivity index (χ2n) is 4.64. The summed E-state index contributed by atoms with van der Waals surface area (Å²) >= 11 is 0. The fourth-order valence-corrected chi connectivity index (χ4v) is 2.93. The van der Waals surface area contributed by atoms with Gasteiger partial charge >= 0.3 is 0 Å². The summed E-state index contributed by atoms with van der Waals surface area (Å²) in [5.74, 6) is 0.990. The molecular formula is C13H17NO. The number of rotatable bonds is 1. The van der Waals surface area contributed by atoms with Crippen molar-refractivity contribution in [2.45, 2.75) is 31.2 Å². The first-order valence-electron chi connectivity index (χ1n) is 5.76. The van der Waals surface area contributed by atoms with Crippen molar-refractivity contribution in [1.29, 1.82) is 0 Å². The molecule has 0 radical (unpaired) electrons. The highest BCUT2D eigenvalue weighted by Crippen LogP contribution is 2.43. The highest BCUT2D eigenvalue weighted by molar-refractivity contribution is 5.43. The Morgan fingerprint density at radius 2 is 2.20 bits per heavy atom. The first-order chi connectivity index (χ1) is 7.34. The van der Waals surface area contributed by atoms with Crippen molar-refractivity contribution in [1.82, 2.24) is 5.32 Å². The van der Waals surface area contributed by atoms with Gasteiger partial charge in [0.1, 0.15) is 5.75 Å². The summed E-state index contributed by atoms with van der Waals surface area (Å²) < 4.78 is 5.31. The maximum Gasteiger partial charge on any atom is 0.119 e. The van der Waals surface area contributed by atoms with Crippen molar-refractivity contribution in [3.05, 3.63) is 29.3 Å². The molecule has 15 heavy (non-hydrogen) atoms. The van der Waals surface area contributed by atoms with Gasteiger partial charge in [-0.15, -0.1) is 0 Å². The SMILES string of the molecule is COc1ccc2c(c1)[C@]1(CCC2)CCN1. The Bertz CT molecular complexity index is 382. The number of hydrogen-bond acceptors (Lipinski definition) is 2. The number of benzene rings is 1. The molecule has 2 heteroatoms. The van der Waals surface area contributed by atoms with Crippen LogP contribution in [0.25, 0.3) is 0 Å². The molecule has 1 atom stereocenters. The number of ether oxygens (including phenoxy) is 1. The lowest BCUT2D eigenvalue weighted by Gasteiger charge is -2.47. The van der Waals surface area contributed by atoms with Gasteiger partial charge in [0.25, 0.3) is 0 Å². The van der Waals surface area contributed by atoms with Crippen molar-refractivity contribution in [3.8, 4) is 5.75 Å². The molecule has 1 aliphatic heterocycles. The van der Waals surface area contributed by atoms with Crippen LogP contribution in [-0.2, 0) is 12.0 Å². The van der Waals surface area contributed by atoms with Crippen LogP contribution in [0.15, 0.2) is 18.2 Å². The van der Waals surface area contributed by atoms with E-state index in [9.17, 15) is 0 Å². The lowest BCUT2D eigenvalue weighted by atomic mass is 9.71. The van der Waals surface area contributed by atoms with Crippen LogP contribution in [0.5, 0.6) is 5.75 Å². The second kappa shape index (κ2) is 3.24. The van der Waals surface area contributed by atoms with Crippen LogP contribution in [0.3, 0.4) is 0 Å². The average Bonchev–Trinajstić information content (AvgIpc) is 2.25. The van der Waals surface area contributed by atoms with E-state index in [0.717, 1.165) is 12.3 Å². The van der Waals surface area contributed by atoms with E-state index >= 15 is 0 Å². The fraction of sp³-hybridized carbons (Fsp3) is 0.538. The molecule has 1 fully saturated rings. The summed E-state index contributed by atoms with van der Waals surface area (Å²) in [7, 11) is 1.74. The van der Waals surface area contributed by atoms with E-state index in [0.29, 0.717) is 5.54 Å². The molecule has 1 saturated heterocycles. The van der Waals surface area contributed by atoms with Crippen LogP contribution >= 0.6 is 0 Å². The smallest absolute Gasteiger partial charge is 0.119 e. The summed E-state index contributed by atoms with van der Waals surface area (Å²) in [6.07, 6.45) is 5.11. The number of methoxy groups -OCH3 is 1. The predicted molar refractivity (Wildman–Crippen MR) is 60.2 cm³/mol. The quantitative estimate of drug-likeness (QED) is 0.755. The Hall–Kier alpha value is -1.02. The van der Waals surface area contributed by atoms with Gasteiger partial charge in [0.2, 0.25) is 0 Å². The standard InChI is InChI=1S/C13H17NO/c1-15-11-5-4-10-3-2-6-13(7-8-14-13)12(10)9-11/h4-5,9,14H,2-3,6-8H2,1H3/t13-/m0/s1. The van der Waals surface area contributed by atoms with E-state index in [1.54, 1.807) is 7.11 Å². The minimum Gasteiger partial charge on any atom is -0.497 e. The molecule has 0 bridgehead atoms. The van der Waals surface area contributed by atoms with Crippen molar-refractivity contribution < 1.29 is 4.74 Å². The Morgan fingerprint density at radius 3 is 2.87 bits per heavy atom. The van der Waals surface area contributed by atoms with Gasteiger partial charge < -0.3 is 10.1 Å². The number of aryl methyl sites for hydroxylation is 1. The van der Waals surface area contributed by atoms with Crippen LogP contribution in [-0.4, -0.2) is 13.7 Å². The van der Waals surface area contributed by atoms with Crippen LogP contribution in [0, 0.1) is 0 Å².